The summed E-state index contributed by atoms with van der Waals surface area (Å²) in [5.74, 6) is -0.124. The highest BCUT2D eigenvalue weighted by Gasteiger charge is 2.30. The quantitative estimate of drug-likeness (QED) is 0.363. The second kappa shape index (κ2) is 10.3. The van der Waals surface area contributed by atoms with E-state index in [0.717, 1.165) is 36.1 Å². The predicted octanol–water partition coefficient (Wildman–Crippen LogP) is 6.02. The maximum absolute atomic E-state index is 13.2. The third-order valence-electron chi connectivity index (χ3n) is 6.65. The number of aromatic nitrogens is 2. The van der Waals surface area contributed by atoms with E-state index < -0.39 is 0 Å². The first-order valence-electron chi connectivity index (χ1n) is 12.2. The molecule has 1 saturated carbocycles. The highest BCUT2D eigenvalue weighted by atomic mass is 16.5. The molecule has 5 rings (SSSR count). The van der Waals surface area contributed by atoms with Gasteiger partial charge in [-0.1, -0.05) is 71.8 Å². The maximum atomic E-state index is 13.2. The Hall–Kier alpha value is -3.70. The Bertz CT molecular complexity index is 1270. The van der Waals surface area contributed by atoms with Crippen molar-refractivity contribution in [1.29, 1.82) is 0 Å². The Kier molecular flexibility index (Phi) is 6.77. The van der Waals surface area contributed by atoms with Gasteiger partial charge in [0, 0.05) is 5.69 Å². The van der Waals surface area contributed by atoms with Crippen LogP contribution in [0.3, 0.4) is 0 Å². The molecule has 1 aliphatic carbocycles. The first-order chi connectivity index (χ1) is 17.1. The highest BCUT2D eigenvalue weighted by molar-refractivity contribution is 5.93. The summed E-state index contributed by atoms with van der Waals surface area (Å²) in [6, 6.07) is 25.0. The molecular formula is C30H31N3O2. The molecule has 1 N–H and O–H groups in total. The molecule has 0 saturated heterocycles. The lowest BCUT2D eigenvalue weighted by Crippen LogP contribution is -2.41. The molecule has 1 aliphatic rings. The number of nitrogens with zero attached hydrogens (tertiary/aromatic N) is 2. The zero-order valence-corrected chi connectivity index (χ0v) is 20.3. The van der Waals surface area contributed by atoms with Crippen LogP contribution < -0.4 is 5.32 Å². The Morgan fingerprint density at radius 1 is 0.971 bits per heavy atom. The standard InChI is InChI=1S/C30H31N3O2/c1-21-15-22(2)17-25(16-21)24-11-13-26(14-12-24)33-20-31-18-28(33)30(34)32-27-9-6-10-29(27)35-19-23-7-4-3-5-8-23/h3-5,7-8,11-18,20,27,29H,6,9-10,19H2,1-2H3,(H,32,34)/t27-,29-/m1/s1. The number of hydrogen-bond acceptors (Lipinski definition) is 3. The minimum Gasteiger partial charge on any atom is -0.371 e. The number of aryl methyl sites for hydroxylation is 2. The largest absolute Gasteiger partial charge is 0.371 e. The van der Waals surface area contributed by atoms with E-state index in [2.05, 4.69) is 66.6 Å². The van der Waals surface area contributed by atoms with E-state index in [1.165, 1.54) is 16.7 Å². The number of ether oxygens (including phenoxy) is 1. The van der Waals surface area contributed by atoms with Gasteiger partial charge in [0.2, 0.25) is 0 Å². The normalized spacial score (nSPS) is 17.4. The van der Waals surface area contributed by atoms with E-state index in [1.54, 1.807) is 12.5 Å². The van der Waals surface area contributed by atoms with Gasteiger partial charge < -0.3 is 10.1 Å². The van der Waals surface area contributed by atoms with Gasteiger partial charge in [-0.15, -0.1) is 0 Å². The SMILES string of the molecule is Cc1cc(C)cc(-c2ccc(-n3cncc3C(=O)N[C@@H]3CCC[C@H]3OCc3ccccc3)cc2)c1. The van der Waals surface area contributed by atoms with Crippen LogP contribution >= 0.6 is 0 Å². The van der Waals surface area contributed by atoms with Gasteiger partial charge in [-0.3, -0.25) is 9.36 Å². The number of rotatable bonds is 7. The zero-order chi connectivity index (χ0) is 24.2. The van der Waals surface area contributed by atoms with E-state index in [1.807, 2.05) is 34.9 Å². The molecule has 178 valence electrons. The third-order valence-corrected chi connectivity index (χ3v) is 6.65. The Balaban J connectivity index is 1.27. The van der Waals surface area contributed by atoms with Crippen LogP contribution in [-0.2, 0) is 11.3 Å². The molecule has 1 amide bonds. The lowest BCUT2D eigenvalue weighted by molar-refractivity contribution is 0.0271. The van der Waals surface area contributed by atoms with Crippen LogP contribution in [-0.4, -0.2) is 27.6 Å². The molecule has 2 atom stereocenters. The average Bonchev–Trinajstić information content (AvgIpc) is 3.53. The number of benzene rings is 3. The Morgan fingerprint density at radius 2 is 1.71 bits per heavy atom. The molecule has 1 aromatic heterocycles. The molecule has 35 heavy (non-hydrogen) atoms. The van der Waals surface area contributed by atoms with E-state index in [9.17, 15) is 4.79 Å². The molecule has 1 heterocycles. The number of hydrogen-bond donors (Lipinski definition) is 1. The van der Waals surface area contributed by atoms with Gasteiger partial charge in [-0.2, -0.15) is 0 Å². The summed E-state index contributed by atoms with van der Waals surface area (Å²) in [4.78, 5) is 17.5. The molecule has 0 radical (unpaired) electrons. The summed E-state index contributed by atoms with van der Waals surface area (Å²) in [6.45, 7) is 4.79. The minimum absolute atomic E-state index is 0.00139. The number of nitrogens with one attached hydrogen (secondary N) is 1. The lowest BCUT2D eigenvalue weighted by atomic mass is 10.0. The summed E-state index contributed by atoms with van der Waals surface area (Å²) in [5.41, 5.74) is 7.41. The van der Waals surface area contributed by atoms with Crippen molar-refractivity contribution in [1.82, 2.24) is 14.9 Å². The average molecular weight is 466 g/mol. The van der Waals surface area contributed by atoms with Crippen molar-refractivity contribution in [3.63, 3.8) is 0 Å². The van der Waals surface area contributed by atoms with E-state index in [0.29, 0.717) is 12.3 Å². The van der Waals surface area contributed by atoms with Crippen LogP contribution in [0.15, 0.2) is 85.3 Å². The van der Waals surface area contributed by atoms with Gasteiger partial charge in [-0.05, 0) is 61.9 Å². The molecule has 5 nitrogen and oxygen atoms in total. The molecule has 3 aromatic carbocycles. The van der Waals surface area contributed by atoms with Crippen LogP contribution in [0.25, 0.3) is 16.8 Å². The molecule has 1 fully saturated rings. The van der Waals surface area contributed by atoms with Crippen LogP contribution in [0, 0.1) is 13.8 Å². The van der Waals surface area contributed by atoms with Crippen molar-refractivity contribution in [2.75, 3.05) is 0 Å². The number of imidazole rings is 1. The van der Waals surface area contributed by atoms with E-state index >= 15 is 0 Å². The molecule has 0 spiro atoms. The summed E-state index contributed by atoms with van der Waals surface area (Å²) >= 11 is 0. The van der Waals surface area contributed by atoms with Crippen molar-refractivity contribution in [3.8, 4) is 16.8 Å². The predicted molar refractivity (Wildman–Crippen MR) is 139 cm³/mol. The van der Waals surface area contributed by atoms with Gasteiger partial charge >= 0.3 is 0 Å². The second-order valence-electron chi connectivity index (χ2n) is 9.42. The van der Waals surface area contributed by atoms with Crippen LogP contribution in [0.1, 0.15) is 46.4 Å². The lowest BCUT2D eigenvalue weighted by Gasteiger charge is -2.22. The summed E-state index contributed by atoms with van der Waals surface area (Å²) in [6.07, 6.45) is 6.26. The fourth-order valence-electron chi connectivity index (χ4n) is 4.94. The summed E-state index contributed by atoms with van der Waals surface area (Å²) in [5, 5.41) is 3.20. The Morgan fingerprint density at radius 3 is 2.46 bits per heavy atom. The van der Waals surface area contributed by atoms with Gasteiger partial charge in [0.15, 0.2) is 0 Å². The van der Waals surface area contributed by atoms with Crippen molar-refractivity contribution < 1.29 is 9.53 Å². The van der Waals surface area contributed by atoms with Crippen molar-refractivity contribution >= 4 is 5.91 Å². The van der Waals surface area contributed by atoms with Crippen molar-refractivity contribution in [2.24, 2.45) is 0 Å². The Labute approximate surface area is 206 Å². The van der Waals surface area contributed by atoms with Gasteiger partial charge in [0.25, 0.3) is 5.91 Å². The fourth-order valence-corrected chi connectivity index (χ4v) is 4.94. The van der Waals surface area contributed by atoms with Gasteiger partial charge in [0.05, 0.1) is 31.3 Å². The summed E-state index contributed by atoms with van der Waals surface area (Å²) in [7, 11) is 0. The van der Waals surface area contributed by atoms with E-state index in [4.69, 9.17) is 4.74 Å². The van der Waals surface area contributed by atoms with Crippen molar-refractivity contribution in [2.45, 2.75) is 51.9 Å². The van der Waals surface area contributed by atoms with Crippen molar-refractivity contribution in [3.05, 3.63) is 108 Å². The molecular weight excluding hydrogens is 434 g/mol. The molecule has 0 bridgehead atoms. The van der Waals surface area contributed by atoms with Gasteiger partial charge in [0.1, 0.15) is 5.69 Å². The minimum atomic E-state index is -0.124. The first kappa shape index (κ1) is 23.1. The zero-order valence-electron chi connectivity index (χ0n) is 20.3. The smallest absolute Gasteiger partial charge is 0.270 e. The van der Waals surface area contributed by atoms with Crippen LogP contribution in [0.5, 0.6) is 0 Å². The second-order valence-corrected chi connectivity index (χ2v) is 9.42. The van der Waals surface area contributed by atoms with Gasteiger partial charge in [-0.25, -0.2) is 4.98 Å². The monoisotopic (exact) mass is 465 g/mol. The van der Waals surface area contributed by atoms with E-state index in [-0.39, 0.29) is 18.1 Å². The molecule has 0 aliphatic heterocycles. The third kappa shape index (κ3) is 5.36. The number of carbonyl (C=O) groups excluding carboxylic acids is 1. The fraction of sp³-hybridized carbons (Fsp3) is 0.267. The highest BCUT2D eigenvalue weighted by Crippen LogP contribution is 2.26. The molecule has 0 unspecified atom stereocenters. The molecule has 5 heteroatoms. The number of carbonyl (C=O) groups is 1. The van der Waals surface area contributed by atoms with Crippen LogP contribution in [0.4, 0.5) is 0 Å². The van der Waals surface area contributed by atoms with Crippen LogP contribution in [0.2, 0.25) is 0 Å². The first-order valence-corrected chi connectivity index (χ1v) is 12.2. The number of amides is 1. The molecule has 4 aromatic rings. The topological polar surface area (TPSA) is 56.2 Å². The maximum Gasteiger partial charge on any atom is 0.270 e. The summed E-state index contributed by atoms with van der Waals surface area (Å²) < 4.78 is 8.01.